The van der Waals surface area contributed by atoms with Crippen molar-refractivity contribution in [3.05, 3.63) is 70.1 Å². The molecule has 0 atom stereocenters. The van der Waals surface area contributed by atoms with E-state index in [1.165, 1.54) is 17.3 Å². The van der Waals surface area contributed by atoms with E-state index in [0.29, 0.717) is 14.8 Å². The lowest BCUT2D eigenvalue weighted by Crippen LogP contribution is -2.17. The first-order valence-corrected chi connectivity index (χ1v) is 7.95. The van der Waals surface area contributed by atoms with E-state index in [9.17, 15) is 9.90 Å². The molecule has 22 heavy (non-hydrogen) atoms. The lowest BCUT2D eigenvalue weighted by atomic mass is 10.0. The number of carbonyl (C=O) groups is 1. The zero-order chi connectivity index (χ0) is 15.5. The van der Waals surface area contributed by atoms with Crippen LogP contribution < -0.4 is 5.32 Å². The minimum atomic E-state index is -0.220. The SMILES string of the molecule is O=C1NC(=S)S/C1=C\c1cc(Cc2ccccc2)ccc1O. The first kappa shape index (κ1) is 14.8. The molecule has 0 saturated carbocycles. The average molecular weight is 327 g/mol. The number of hydrogen-bond donors (Lipinski definition) is 2. The van der Waals surface area contributed by atoms with Crippen molar-refractivity contribution in [3.63, 3.8) is 0 Å². The molecule has 2 aromatic carbocycles. The molecule has 0 unspecified atom stereocenters. The molecule has 0 bridgehead atoms. The van der Waals surface area contributed by atoms with E-state index in [-0.39, 0.29) is 11.7 Å². The molecule has 110 valence electrons. The maximum atomic E-state index is 11.7. The molecule has 1 aliphatic heterocycles. The van der Waals surface area contributed by atoms with E-state index >= 15 is 0 Å². The van der Waals surface area contributed by atoms with Crippen LogP contribution in [0.2, 0.25) is 0 Å². The van der Waals surface area contributed by atoms with Crippen LogP contribution in [0.25, 0.3) is 6.08 Å². The Kier molecular flexibility index (Phi) is 4.27. The Morgan fingerprint density at radius 1 is 1.14 bits per heavy atom. The van der Waals surface area contributed by atoms with Crippen LogP contribution in [0.1, 0.15) is 16.7 Å². The molecule has 1 saturated heterocycles. The van der Waals surface area contributed by atoms with Gasteiger partial charge in [-0.2, -0.15) is 0 Å². The number of nitrogens with one attached hydrogen (secondary N) is 1. The van der Waals surface area contributed by atoms with Crippen molar-refractivity contribution in [2.45, 2.75) is 6.42 Å². The molecule has 1 aliphatic rings. The highest BCUT2D eigenvalue weighted by molar-refractivity contribution is 8.26. The third-order valence-electron chi connectivity index (χ3n) is 3.27. The summed E-state index contributed by atoms with van der Waals surface area (Å²) in [5, 5.41) is 12.6. The Labute approximate surface area is 138 Å². The van der Waals surface area contributed by atoms with Gasteiger partial charge in [0.05, 0.1) is 4.91 Å². The fourth-order valence-electron chi connectivity index (χ4n) is 2.22. The van der Waals surface area contributed by atoms with Crippen LogP contribution in [-0.2, 0) is 11.2 Å². The second kappa shape index (κ2) is 6.34. The number of thiocarbonyl (C=S) groups is 1. The minimum absolute atomic E-state index is 0.149. The maximum absolute atomic E-state index is 11.7. The summed E-state index contributed by atoms with van der Waals surface area (Å²) in [7, 11) is 0. The Morgan fingerprint density at radius 2 is 1.91 bits per heavy atom. The number of carbonyl (C=O) groups excluding carboxylic acids is 1. The van der Waals surface area contributed by atoms with E-state index in [1.807, 2.05) is 30.3 Å². The molecule has 0 radical (unpaired) electrons. The van der Waals surface area contributed by atoms with Gasteiger partial charge in [-0.15, -0.1) is 0 Å². The topological polar surface area (TPSA) is 49.3 Å². The van der Waals surface area contributed by atoms with Crippen molar-refractivity contribution >= 4 is 40.3 Å². The van der Waals surface area contributed by atoms with Gasteiger partial charge in [-0.1, -0.05) is 60.4 Å². The van der Waals surface area contributed by atoms with Gasteiger partial charge in [0.15, 0.2) is 0 Å². The molecular formula is C17H13NO2S2. The van der Waals surface area contributed by atoms with E-state index in [0.717, 1.165) is 12.0 Å². The summed E-state index contributed by atoms with van der Waals surface area (Å²) < 4.78 is 0.441. The molecule has 2 N–H and O–H groups in total. The molecule has 1 fully saturated rings. The third-order valence-corrected chi connectivity index (χ3v) is 4.43. The van der Waals surface area contributed by atoms with Crippen LogP contribution in [0, 0.1) is 0 Å². The summed E-state index contributed by atoms with van der Waals surface area (Å²) in [5.74, 6) is -0.0709. The van der Waals surface area contributed by atoms with Crippen LogP contribution in [0.5, 0.6) is 5.75 Å². The fourth-order valence-corrected chi connectivity index (χ4v) is 3.26. The summed E-state index contributed by atoms with van der Waals surface area (Å²) in [4.78, 5) is 12.2. The normalized spacial score (nSPS) is 16.1. The van der Waals surface area contributed by atoms with Gasteiger partial charge in [0.2, 0.25) is 0 Å². The number of thioether (sulfide) groups is 1. The lowest BCUT2D eigenvalue weighted by Gasteiger charge is -2.06. The molecule has 1 heterocycles. The molecule has 0 aliphatic carbocycles. The largest absolute Gasteiger partial charge is 0.507 e. The van der Waals surface area contributed by atoms with Crippen LogP contribution in [-0.4, -0.2) is 15.3 Å². The zero-order valence-electron chi connectivity index (χ0n) is 11.6. The average Bonchev–Trinajstić information content (AvgIpc) is 2.81. The van der Waals surface area contributed by atoms with Crippen molar-refractivity contribution in [1.82, 2.24) is 5.32 Å². The van der Waals surface area contributed by atoms with Crippen molar-refractivity contribution in [2.24, 2.45) is 0 Å². The zero-order valence-corrected chi connectivity index (χ0v) is 13.2. The van der Waals surface area contributed by atoms with Gasteiger partial charge in [-0.05, 0) is 35.8 Å². The molecule has 0 aromatic heterocycles. The highest BCUT2D eigenvalue weighted by atomic mass is 32.2. The number of phenolic OH excluding ortho intramolecular Hbond substituents is 1. The summed E-state index contributed by atoms with van der Waals surface area (Å²) in [5.41, 5.74) is 2.89. The minimum Gasteiger partial charge on any atom is -0.507 e. The lowest BCUT2D eigenvalue weighted by molar-refractivity contribution is -0.115. The molecular weight excluding hydrogens is 314 g/mol. The summed E-state index contributed by atoms with van der Waals surface area (Å²) in [6.07, 6.45) is 2.44. The van der Waals surface area contributed by atoms with Crippen LogP contribution in [0.3, 0.4) is 0 Å². The number of amides is 1. The molecule has 0 spiro atoms. The Morgan fingerprint density at radius 3 is 2.59 bits per heavy atom. The first-order valence-electron chi connectivity index (χ1n) is 6.72. The van der Waals surface area contributed by atoms with Crippen LogP contribution in [0.4, 0.5) is 0 Å². The number of hydrogen-bond acceptors (Lipinski definition) is 4. The Hall–Kier alpha value is -2.11. The van der Waals surface area contributed by atoms with Crippen molar-refractivity contribution < 1.29 is 9.90 Å². The van der Waals surface area contributed by atoms with Gasteiger partial charge in [0.1, 0.15) is 10.1 Å². The number of benzene rings is 2. The fraction of sp³-hybridized carbons (Fsp3) is 0.0588. The van der Waals surface area contributed by atoms with Gasteiger partial charge in [-0.25, -0.2) is 0 Å². The molecule has 5 heteroatoms. The smallest absolute Gasteiger partial charge is 0.263 e. The quantitative estimate of drug-likeness (QED) is 0.669. The Balaban J connectivity index is 1.89. The third kappa shape index (κ3) is 3.37. The van der Waals surface area contributed by atoms with Gasteiger partial charge in [0.25, 0.3) is 5.91 Å². The van der Waals surface area contributed by atoms with E-state index in [1.54, 1.807) is 12.1 Å². The van der Waals surface area contributed by atoms with Crippen LogP contribution in [0.15, 0.2) is 53.4 Å². The number of aromatic hydroxyl groups is 1. The van der Waals surface area contributed by atoms with Crippen LogP contribution >= 0.6 is 24.0 Å². The molecule has 3 rings (SSSR count). The van der Waals surface area contributed by atoms with Gasteiger partial charge in [0, 0.05) is 5.56 Å². The highest BCUT2D eigenvalue weighted by Crippen LogP contribution is 2.29. The molecule has 2 aromatic rings. The van der Waals surface area contributed by atoms with E-state index < -0.39 is 0 Å². The monoisotopic (exact) mass is 327 g/mol. The second-order valence-corrected chi connectivity index (χ2v) is 6.63. The molecule has 1 amide bonds. The van der Waals surface area contributed by atoms with Crippen molar-refractivity contribution in [1.29, 1.82) is 0 Å². The van der Waals surface area contributed by atoms with Crippen molar-refractivity contribution in [2.75, 3.05) is 0 Å². The summed E-state index contributed by atoms with van der Waals surface area (Å²) in [6, 6.07) is 15.5. The number of rotatable bonds is 3. The van der Waals surface area contributed by atoms with Gasteiger partial charge >= 0.3 is 0 Å². The van der Waals surface area contributed by atoms with E-state index in [2.05, 4.69) is 17.4 Å². The highest BCUT2D eigenvalue weighted by Gasteiger charge is 2.22. The second-order valence-electron chi connectivity index (χ2n) is 4.91. The summed E-state index contributed by atoms with van der Waals surface area (Å²) in [6.45, 7) is 0. The Bertz CT molecular complexity index is 769. The van der Waals surface area contributed by atoms with E-state index in [4.69, 9.17) is 12.2 Å². The van der Waals surface area contributed by atoms with Gasteiger partial charge in [-0.3, -0.25) is 4.79 Å². The summed E-state index contributed by atoms with van der Waals surface area (Å²) >= 11 is 6.17. The first-order chi connectivity index (χ1) is 10.6. The standard InChI is InChI=1S/C17H13NO2S2/c19-14-7-6-12(8-11-4-2-1-3-5-11)9-13(14)10-15-16(20)18-17(21)22-15/h1-7,9-10,19H,8H2,(H,18,20,21)/b15-10-. The predicted octanol–water partition coefficient (Wildman–Crippen LogP) is 3.47. The number of phenols is 1. The molecule has 3 nitrogen and oxygen atoms in total. The van der Waals surface area contributed by atoms with Crippen molar-refractivity contribution in [3.8, 4) is 5.75 Å². The van der Waals surface area contributed by atoms with Gasteiger partial charge < -0.3 is 10.4 Å². The maximum Gasteiger partial charge on any atom is 0.263 e. The predicted molar refractivity (Wildman–Crippen MR) is 93.7 cm³/mol.